The molecule has 3 heteroatoms. The van der Waals surface area contributed by atoms with E-state index < -0.39 is 0 Å². The number of nitrogens with one attached hydrogen (secondary N) is 1. The molecule has 1 aromatic rings. The summed E-state index contributed by atoms with van der Waals surface area (Å²) in [5, 5.41) is 3.47. The van der Waals surface area contributed by atoms with Gasteiger partial charge in [-0.3, -0.25) is 0 Å². The fraction of sp³-hybridized carbons (Fsp3) is 0.500. The van der Waals surface area contributed by atoms with Gasteiger partial charge >= 0.3 is 0 Å². The van der Waals surface area contributed by atoms with Gasteiger partial charge in [-0.25, -0.2) is 4.39 Å². The molecule has 1 rings (SSSR count). The van der Waals surface area contributed by atoms with Crippen LogP contribution in [0.15, 0.2) is 30.9 Å². The number of likely N-dealkylation sites (N-methyl/N-ethyl adjacent to an activating group) is 1. The van der Waals surface area contributed by atoms with Crippen molar-refractivity contribution in [3.05, 3.63) is 47.3 Å². The Morgan fingerprint density at radius 1 is 1.37 bits per heavy atom. The minimum Gasteiger partial charge on any atom is -0.317 e. The lowest BCUT2D eigenvalue weighted by Gasteiger charge is -2.16. The molecule has 1 atom stereocenters. The number of rotatable bonds is 9. The molecule has 1 aromatic carbocycles. The third-order valence-corrected chi connectivity index (χ3v) is 3.66. The van der Waals surface area contributed by atoms with Crippen LogP contribution in [0.5, 0.6) is 0 Å². The fourth-order valence-corrected chi connectivity index (χ4v) is 2.37. The van der Waals surface area contributed by atoms with Crippen molar-refractivity contribution in [3.8, 4) is 0 Å². The number of hydrogen-bond acceptors (Lipinski definition) is 1. The van der Waals surface area contributed by atoms with Gasteiger partial charge in [-0.15, -0.1) is 6.58 Å². The van der Waals surface area contributed by atoms with Crippen LogP contribution >= 0.6 is 11.6 Å². The predicted octanol–water partition coefficient (Wildman–Crippen LogP) is 4.75. The average molecular weight is 284 g/mol. The van der Waals surface area contributed by atoms with Crippen molar-refractivity contribution in [1.82, 2.24) is 5.32 Å². The molecule has 0 saturated carbocycles. The molecular formula is C16H23ClFN. The van der Waals surface area contributed by atoms with E-state index in [-0.39, 0.29) is 10.8 Å². The second-order valence-corrected chi connectivity index (χ2v) is 5.24. The first-order valence-corrected chi connectivity index (χ1v) is 7.28. The molecule has 0 bridgehead atoms. The summed E-state index contributed by atoms with van der Waals surface area (Å²) < 4.78 is 13.8. The molecule has 0 heterocycles. The van der Waals surface area contributed by atoms with Crippen LogP contribution in [0.25, 0.3) is 0 Å². The number of halogens is 2. The topological polar surface area (TPSA) is 12.0 Å². The van der Waals surface area contributed by atoms with Crippen molar-refractivity contribution in [2.45, 2.75) is 44.6 Å². The Labute approximate surface area is 120 Å². The minimum absolute atomic E-state index is 0.207. The third kappa shape index (κ3) is 5.75. The van der Waals surface area contributed by atoms with Gasteiger partial charge in [0.25, 0.3) is 0 Å². The van der Waals surface area contributed by atoms with Crippen molar-refractivity contribution < 1.29 is 4.39 Å². The van der Waals surface area contributed by atoms with Gasteiger partial charge in [0.1, 0.15) is 5.82 Å². The van der Waals surface area contributed by atoms with Gasteiger partial charge < -0.3 is 5.32 Å². The quantitative estimate of drug-likeness (QED) is 0.509. The maximum atomic E-state index is 13.8. The number of allylic oxidation sites excluding steroid dienone is 1. The maximum absolute atomic E-state index is 13.8. The Bertz CT molecular complexity index is 392. The molecule has 1 nitrogen and oxygen atoms in total. The van der Waals surface area contributed by atoms with E-state index in [1.807, 2.05) is 19.2 Å². The molecule has 0 fully saturated rings. The van der Waals surface area contributed by atoms with Crippen LogP contribution in [-0.2, 0) is 6.42 Å². The molecular weight excluding hydrogens is 261 g/mol. The Kier molecular flexibility index (Phi) is 7.76. The van der Waals surface area contributed by atoms with Gasteiger partial charge in [0.15, 0.2) is 0 Å². The normalized spacial score (nSPS) is 12.4. The molecule has 0 aliphatic rings. The molecule has 0 amide bonds. The molecule has 106 valence electrons. The highest BCUT2D eigenvalue weighted by molar-refractivity contribution is 6.30. The number of unbranched alkanes of at least 4 members (excludes halogenated alkanes) is 3. The first-order valence-electron chi connectivity index (χ1n) is 6.90. The van der Waals surface area contributed by atoms with Crippen LogP contribution in [0.1, 0.15) is 37.7 Å². The fourth-order valence-electron chi connectivity index (χ4n) is 2.18. The highest BCUT2D eigenvalue weighted by Crippen LogP contribution is 2.20. The van der Waals surface area contributed by atoms with Gasteiger partial charge in [0.05, 0.1) is 5.02 Å². The highest BCUT2D eigenvalue weighted by Gasteiger charge is 2.12. The zero-order valence-electron chi connectivity index (χ0n) is 11.6. The summed E-state index contributed by atoms with van der Waals surface area (Å²) in [4.78, 5) is 0. The van der Waals surface area contributed by atoms with E-state index in [0.29, 0.717) is 18.0 Å². The van der Waals surface area contributed by atoms with Gasteiger partial charge in [-0.2, -0.15) is 0 Å². The molecule has 0 aliphatic heterocycles. The van der Waals surface area contributed by atoms with Crippen molar-refractivity contribution >= 4 is 11.6 Å². The monoisotopic (exact) mass is 283 g/mol. The Morgan fingerprint density at radius 2 is 2.16 bits per heavy atom. The Hall–Kier alpha value is -0.860. The zero-order valence-corrected chi connectivity index (χ0v) is 12.3. The summed E-state index contributed by atoms with van der Waals surface area (Å²) in [6, 6.07) is 5.50. The molecule has 19 heavy (non-hydrogen) atoms. The van der Waals surface area contributed by atoms with E-state index >= 15 is 0 Å². The SMILES string of the molecule is C=CCCCCCC(Cc1cccc(Cl)c1F)NC. The van der Waals surface area contributed by atoms with Gasteiger partial charge in [0.2, 0.25) is 0 Å². The predicted molar refractivity (Wildman–Crippen MR) is 81.2 cm³/mol. The molecule has 0 aliphatic carbocycles. The van der Waals surface area contributed by atoms with E-state index in [2.05, 4.69) is 11.9 Å². The largest absolute Gasteiger partial charge is 0.317 e. The number of benzene rings is 1. The molecule has 1 unspecified atom stereocenters. The van der Waals surface area contributed by atoms with Crippen molar-refractivity contribution in [2.75, 3.05) is 7.05 Å². The van der Waals surface area contributed by atoms with Gasteiger partial charge in [-0.1, -0.05) is 42.7 Å². The average Bonchev–Trinajstić information content (AvgIpc) is 2.42. The van der Waals surface area contributed by atoms with E-state index in [0.717, 1.165) is 19.3 Å². The standard InChI is InChI=1S/C16H23ClFN/c1-3-4-5-6-7-10-14(19-2)12-13-9-8-11-15(17)16(13)18/h3,8-9,11,14,19H,1,4-7,10,12H2,2H3. The first kappa shape index (κ1) is 16.2. The van der Waals surface area contributed by atoms with Crippen LogP contribution in [0.2, 0.25) is 5.02 Å². The summed E-state index contributed by atoms with van der Waals surface area (Å²) in [6.07, 6.45) is 8.31. The van der Waals surface area contributed by atoms with Crippen LogP contribution in [-0.4, -0.2) is 13.1 Å². The smallest absolute Gasteiger partial charge is 0.145 e. The van der Waals surface area contributed by atoms with Gasteiger partial charge in [0, 0.05) is 6.04 Å². The van der Waals surface area contributed by atoms with Crippen molar-refractivity contribution in [2.24, 2.45) is 0 Å². The summed E-state index contributed by atoms with van der Waals surface area (Å²) in [7, 11) is 1.93. The van der Waals surface area contributed by atoms with Crippen molar-refractivity contribution in [1.29, 1.82) is 0 Å². The molecule has 0 radical (unpaired) electrons. The lowest BCUT2D eigenvalue weighted by molar-refractivity contribution is 0.477. The maximum Gasteiger partial charge on any atom is 0.145 e. The van der Waals surface area contributed by atoms with Gasteiger partial charge in [-0.05, 0) is 44.4 Å². The summed E-state index contributed by atoms with van der Waals surface area (Å²) >= 11 is 5.80. The summed E-state index contributed by atoms with van der Waals surface area (Å²) in [6.45, 7) is 3.72. The summed E-state index contributed by atoms with van der Waals surface area (Å²) in [5.74, 6) is -0.281. The summed E-state index contributed by atoms with van der Waals surface area (Å²) in [5.41, 5.74) is 0.693. The van der Waals surface area contributed by atoms with E-state index in [1.54, 1.807) is 12.1 Å². The lowest BCUT2D eigenvalue weighted by atomic mass is 10.00. The van der Waals surface area contributed by atoms with Crippen LogP contribution in [0.3, 0.4) is 0 Å². The van der Waals surface area contributed by atoms with Crippen LogP contribution in [0.4, 0.5) is 4.39 Å². The second-order valence-electron chi connectivity index (χ2n) is 4.83. The van der Waals surface area contributed by atoms with E-state index in [1.165, 1.54) is 12.8 Å². The van der Waals surface area contributed by atoms with Crippen molar-refractivity contribution in [3.63, 3.8) is 0 Å². The zero-order chi connectivity index (χ0) is 14.1. The molecule has 1 N–H and O–H groups in total. The number of hydrogen-bond donors (Lipinski definition) is 1. The second kappa shape index (κ2) is 9.11. The molecule has 0 saturated heterocycles. The van der Waals surface area contributed by atoms with E-state index in [4.69, 9.17) is 11.6 Å². The Balaban J connectivity index is 2.43. The van der Waals surface area contributed by atoms with Crippen LogP contribution in [0, 0.1) is 5.82 Å². The molecule has 0 spiro atoms. The Morgan fingerprint density at radius 3 is 2.84 bits per heavy atom. The third-order valence-electron chi connectivity index (χ3n) is 3.37. The first-order chi connectivity index (χ1) is 9.19. The lowest BCUT2D eigenvalue weighted by Crippen LogP contribution is -2.27. The van der Waals surface area contributed by atoms with Crippen LogP contribution < -0.4 is 5.32 Å². The minimum atomic E-state index is -0.281. The highest BCUT2D eigenvalue weighted by atomic mass is 35.5. The van der Waals surface area contributed by atoms with E-state index in [9.17, 15) is 4.39 Å². The molecule has 0 aromatic heterocycles.